The molecule has 0 bridgehead atoms. The Hall–Kier alpha value is -1.52. The SMILES string of the molecule is CCNC(=O)Nc1cc(C(C)C)on1. The first-order chi connectivity index (χ1) is 6.63. The second-order valence-electron chi connectivity index (χ2n) is 3.25. The fraction of sp³-hybridized carbons (Fsp3) is 0.556. The highest BCUT2D eigenvalue weighted by Crippen LogP contribution is 2.17. The molecule has 0 saturated carbocycles. The molecule has 1 heterocycles. The molecule has 1 rings (SSSR count). The third-order valence-electron chi connectivity index (χ3n) is 1.68. The van der Waals surface area contributed by atoms with Gasteiger partial charge in [0, 0.05) is 18.5 Å². The largest absolute Gasteiger partial charge is 0.359 e. The maximum atomic E-state index is 11.1. The summed E-state index contributed by atoms with van der Waals surface area (Å²) >= 11 is 0. The molecule has 78 valence electrons. The number of amides is 2. The quantitative estimate of drug-likeness (QED) is 0.778. The summed E-state index contributed by atoms with van der Waals surface area (Å²) in [7, 11) is 0. The first-order valence-electron chi connectivity index (χ1n) is 4.65. The van der Waals surface area contributed by atoms with E-state index < -0.39 is 0 Å². The Labute approximate surface area is 82.8 Å². The zero-order valence-electron chi connectivity index (χ0n) is 8.63. The highest BCUT2D eigenvalue weighted by molar-refractivity contribution is 5.88. The fourth-order valence-corrected chi connectivity index (χ4v) is 0.941. The molecule has 2 N–H and O–H groups in total. The fourth-order valence-electron chi connectivity index (χ4n) is 0.941. The van der Waals surface area contributed by atoms with Crippen molar-refractivity contribution in [3.8, 4) is 0 Å². The summed E-state index contributed by atoms with van der Waals surface area (Å²) < 4.78 is 5.01. The van der Waals surface area contributed by atoms with Crippen molar-refractivity contribution in [2.75, 3.05) is 11.9 Å². The zero-order chi connectivity index (χ0) is 10.6. The number of carbonyl (C=O) groups is 1. The molecule has 1 aromatic rings. The Bertz CT molecular complexity index is 307. The van der Waals surface area contributed by atoms with E-state index in [0.29, 0.717) is 12.4 Å². The molecule has 0 spiro atoms. The number of hydrogen-bond donors (Lipinski definition) is 2. The van der Waals surface area contributed by atoms with Gasteiger partial charge < -0.3 is 9.84 Å². The van der Waals surface area contributed by atoms with Crippen LogP contribution in [0.3, 0.4) is 0 Å². The molecular weight excluding hydrogens is 182 g/mol. The summed E-state index contributed by atoms with van der Waals surface area (Å²) in [6.07, 6.45) is 0. The van der Waals surface area contributed by atoms with Crippen LogP contribution in [0, 0.1) is 0 Å². The predicted molar refractivity (Wildman–Crippen MR) is 53.3 cm³/mol. The lowest BCUT2D eigenvalue weighted by Gasteiger charge is -2.00. The van der Waals surface area contributed by atoms with Crippen molar-refractivity contribution in [2.24, 2.45) is 0 Å². The van der Waals surface area contributed by atoms with Gasteiger partial charge in [0.05, 0.1) is 0 Å². The average Bonchev–Trinajstić information content (AvgIpc) is 2.53. The van der Waals surface area contributed by atoms with Crippen LogP contribution in [0.5, 0.6) is 0 Å². The molecule has 1 aromatic heterocycles. The lowest BCUT2D eigenvalue weighted by atomic mass is 10.2. The number of rotatable bonds is 3. The van der Waals surface area contributed by atoms with Gasteiger partial charge in [-0.05, 0) is 6.92 Å². The van der Waals surface area contributed by atoms with E-state index in [1.54, 1.807) is 6.07 Å². The number of nitrogens with zero attached hydrogens (tertiary/aromatic N) is 1. The Morgan fingerprint density at radius 2 is 2.36 bits per heavy atom. The summed E-state index contributed by atoms with van der Waals surface area (Å²) in [5.41, 5.74) is 0. The van der Waals surface area contributed by atoms with Crippen LogP contribution in [0.4, 0.5) is 10.6 Å². The molecule has 0 saturated heterocycles. The molecule has 0 aromatic carbocycles. The highest BCUT2D eigenvalue weighted by Gasteiger charge is 2.09. The van der Waals surface area contributed by atoms with Crippen LogP contribution in [0.1, 0.15) is 32.4 Å². The lowest BCUT2D eigenvalue weighted by Crippen LogP contribution is -2.28. The number of nitrogens with one attached hydrogen (secondary N) is 2. The number of anilines is 1. The van der Waals surface area contributed by atoms with Crippen LogP contribution in [0.25, 0.3) is 0 Å². The molecule has 0 atom stereocenters. The van der Waals surface area contributed by atoms with Gasteiger partial charge in [0.2, 0.25) is 0 Å². The molecule has 0 fully saturated rings. The topological polar surface area (TPSA) is 67.2 Å². The van der Waals surface area contributed by atoms with E-state index in [9.17, 15) is 4.79 Å². The molecule has 5 nitrogen and oxygen atoms in total. The zero-order valence-corrected chi connectivity index (χ0v) is 8.63. The normalized spacial score (nSPS) is 10.3. The van der Waals surface area contributed by atoms with Gasteiger partial charge in [0.25, 0.3) is 0 Å². The van der Waals surface area contributed by atoms with Gasteiger partial charge in [-0.25, -0.2) is 4.79 Å². The van der Waals surface area contributed by atoms with E-state index in [-0.39, 0.29) is 11.9 Å². The minimum atomic E-state index is -0.267. The lowest BCUT2D eigenvalue weighted by molar-refractivity contribution is 0.252. The summed E-state index contributed by atoms with van der Waals surface area (Å²) in [5, 5.41) is 8.88. The van der Waals surface area contributed by atoms with Crippen LogP contribution >= 0.6 is 0 Å². The van der Waals surface area contributed by atoms with E-state index in [0.717, 1.165) is 5.76 Å². The summed E-state index contributed by atoms with van der Waals surface area (Å²) in [6.45, 7) is 6.43. The van der Waals surface area contributed by atoms with E-state index in [1.165, 1.54) is 0 Å². The minimum Gasteiger partial charge on any atom is -0.359 e. The molecule has 0 aliphatic rings. The number of carbonyl (C=O) groups excluding carboxylic acids is 1. The first-order valence-corrected chi connectivity index (χ1v) is 4.65. The van der Waals surface area contributed by atoms with Gasteiger partial charge in [-0.1, -0.05) is 19.0 Å². The highest BCUT2D eigenvalue weighted by atomic mass is 16.5. The molecule has 0 unspecified atom stereocenters. The van der Waals surface area contributed by atoms with E-state index in [2.05, 4.69) is 15.8 Å². The van der Waals surface area contributed by atoms with Gasteiger partial charge in [-0.2, -0.15) is 0 Å². The standard InChI is InChI=1S/C9H15N3O2/c1-4-10-9(13)11-8-5-7(6(2)3)14-12-8/h5-6H,4H2,1-3H3,(H2,10,11,12,13). The van der Waals surface area contributed by atoms with Crippen molar-refractivity contribution < 1.29 is 9.32 Å². The number of urea groups is 1. The number of aromatic nitrogens is 1. The third-order valence-corrected chi connectivity index (χ3v) is 1.68. The van der Waals surface area contributed by atoms with Crippen molar-refractivity contribution in [3.63, 3.8) is 0 Å². The molecule has 5 heteroatoms. The van der Waals surface area contributed by atoms with E-state index in [4.69, 9.17) is 4.52 Å². The molecule has 0 radical (unpaired) electrons. The Morgan fingerprint density at radius 1 is 1.64 bits per heavy atom. The van der Waals surface area contributed by atoms with Gasteiger partial charge in [-0.15, -0.1) is 0 Å². The van der Waals surface area contributed by atoms with E-state index >= 15 is 0 Å². The van der Waals surface area contributed by atoms with Crippen molar-refractivity contribution in [1.82, 2.24) is 10.5 Å². The van der Waals surface area contributed by atoms with Gasteiger partial charge >= 0.3 is 6.03 Å². The molecule has 0 aliphatic carbocycles. The number of hydrogen-bond acceptors (Lipinski definition) is 3. The third kappa shape index (κ3) is 2.76. The average molecular weight is 197 g/mol. The summed E-state index contributed by atoms with van der Waals surface area (Å²) in [6, 6.07) is 1.45. The van der Waals surface area contributed by atoms with Crippen LogP contribution in [0.2, 0.25) is 0 Å². The maximum absolute atomic E-state index is 11.1. The Morgan fingerprint density at radius 3 is 2.86 bits per heavy atom. The van der Waals surface area contributed by atoms with E-state index in [1.807, 2.05) is 20.8 Å². The van der Waals surface area contributed by atoms with Crippen molar-refractivity contribution in [3.05, 3.63) is 11.8 Å². The van der Waals surface area contributed by atoms with Crippen LogP contribution in [-0.4, -0.2) is 17.7 Å². The Kier molecular flexibility index (Phi) is 3.50. The molecule has 14 heavy (non-hydrogen) atoms. The maximum Gasteiger partial charge on any atom is 0.320 e. The van der Waals surface area contributed by atoms with Gasteiger partial charge in [0.15, 0.2) is 5.82 Å². The van der Waals surface area contributed by atoms with Crippen molar-refractivity contribution in [1.29, 1.82) is 0 Å². The molecular formula is C9H15N3O2. The summed E-state index contributed by atoms with van der Waals surface area (Å²) in [4.78, 5) is 11.1. The van der Waals surface area contributed by atoms with Gasteiger partial charge in [0.1, 0.15) is 5.76 Å². The Balaban J connectivity index is 2.55. The van der Waals surface area contributed by atoms with Crippen molar-refractivity contribution in [2.45, 2.75) is 26.7 Å². The van der Waals surface area contributed by atoms with Crippen LogP contribution in [-0.2, 0) is 0 Å². The first kappa shape index (κ1) is 10.6. The van der Waals surface area contributed by atoms with Crippen molar-refractivity contribution >= 4 is 11.8 Å². The second kappa shape index (κ2) is 4.64. The second-order valence-corrected chi connectivity index (χ2v) is 3.25. The minimum absolute atomic E-state index is 0.267. The van der Waals surface area contributed by atoms with Gasteiger partial charge in [-0.3, -0.25) is 5.32 Å². The molecule has 0 aliphatic heterocycles. The smallest absolute Gasteiger partial charge is 0.320 e. The summed E-state index contributed by atoms with van der Waals surface area (Å²) in [5.74, 6) is 1.48. The van der Waals surface area contributed by atoms with Crippen LogP contribution < -0.4 is 10.6 Å². The predicted octanol–water partition coefficient (Wildman–Crippen LogP) is 1.94. The van der Waals surface area contributed by atoms with Crippen LogP contribution in [0.15, 0.2) is 10.6 Å². The monoisotopic (exact) mass is 197 g/mol. The molecule has 2 amide bonds.